The molecule has 9 heteroatoms. The number of pyridine rings is 2. The van der Waals surface area contributed by atoms with Crippen molar-refractivity contribution < 1.29 is 4.79 Å². The van der Waals surface area contributed by atoms with Crippen LogP contribution in [-0.4, -0.2) is 70.5 Å². The second-order valence-corrected chi connectivity index (χ2v) is 10.7. The maximum absolute atomic E-state index is 12.3. The Morgan fingerprint density at radius 2 is 1.93 bits per heavy atom. The van der Waals surface area contributed by atoms with Crippen LogP contribution in [0.5, 0.6) is 0 Å². The molecule has 0 spiro atoms. The predicted molar refractivity (Wildman–Crippen MR) is 165 cm³/mol. The number of aromatic nitrogens is 4. The van der Waals surface area contributed by atoms with E-state index in [1.54, 1.807) is 25.6 Å². The summed E-state index contributed by atoms with van der Waals surface area (Å²) in [5.74, 6) is 1.72. The third-order valence-corrected chi connectivity index (χ3v) is 8.02. The largest absolute Gasteiger partial charge is 0.375 e. The van der Waals surface area contributed by atoms with Crippen LogP contribution in [0.25, 0.3) is 22.2 Å². The van der Waals surface area contributed by atoms with Gasteiger partial charge in [0.1, 0.15) is 18.0 Å². The van der Waals surface area contributed by atoms with E-state index in [2.05, 4.69) is 81.1 Å². The molecule has 0 bridgehead atoms. The van der Waals surface area contributed by atoms with Crippen LogP contribution in [0.1, 0.15) is 48.5 Å². The van der Waals surface area contributed by atoms with Crippen LogP contribution in [0.4, 0.5) is 11.6 Å². The number of allylic oxidation sites excluding steroid dienone is 1. The highest BCUT2D eigenvalue weighted by molar-refractivity contribution is 6.06. The minimum atomic E-state index is -0.119. The maximum atomic E-state index is 12.3. The highest BCUT2D eigenvalue weighted by Gasteiger charge is 2.23. The number of hydrogen-bond donors (Lipinski definition) is 2. The normalized spacial score (nSPS) is 14.5. The van der Waals surface area contributed by atoms with Gasteiger partial charge in [0.05, 0.1) is 16.8 Å². The van der Waals surface area contributed by atoms with E-state index >= 15 is 0 Å². The van der Waals surface area contributed by atoms with Gasteiger partial charge in [0, 0.05) is 80.8 Å². The van der Waals surface area contributed by atoms with Gasteiger partial charge in [-0.3, -0.25) is 9.78 Å². The Balaban J connectivity index is 1.25. The molecule has 3 aromatic heterocycles. The Labute approximate surface area is 241 Å². The second kappa shape index (κ2) is 12.3. The minimum Gasteiger partial charge on any atom is -0.375 e. The molecule has 2 N–H and O–H groups in total. The highest BCUT2D eigenvalue weighted by atomic mass is 16.1. The fourth-order valence-corrected chi connectivity index (χ4v) is 5.48. The number of nitrogens with zero attached hydrogens (tertiary/aromatic N) is 6. The van der Waals surface area contributed by atoms with Crippen LogP contribution in [0.2, 0.25) is 0 Å². The lowest BCUT2D eigenvalue weighted by atomic mass is 9.96. The van der Waals surface area contributed by atoms with Gasteiger partial charge in [-0.25, -0.2) is 15.0 Å². The number of carbonyl (C=O) groups excluding carboxylic acids is 1. The average molecular weight is 551 g/mol. The van der Waals surface area contributed by atoms with Crippen LogP contribution in [0.3, 0.4) is 0 Å². The van der Waals surface area contributed by atoms with Crippen LogP contribution in [0, 0.1) is 0 Å². The van der Waals surface area contributed by atoms with E-state index in [0.717, 1.165) is 71.0 Å². The monoisotopic (exact) mass is 550 g/mol. The van der Waals surface area contributed by atoms with Gasteiger partial charge in [0.2, 0.25) is 0 Å². The van der Waals surface area contributed by atoms with Gasteiger partial charge in [-0.1, -0.05) is 31.7 Å². The Morgan fingerprint density at radius 1 is 1.12 bits per heavy atom. The zero-order valence-corrected chi connectivity index (χ0v) is 24.3. The molecule has 1 atom stereocenters. The van der Waals surface area contributed by atoms with E-state index in [-0.39, 0.29) is 11.8 Å². The molecule has 0 aliphatic carbocycles. The van der Waals surface area contributed by atoms with Crippen LogP contribution < -0.4 is 15.5 Å². The van der Waals surface area contributed by atoms with Gasteiger partial charge in [-0.15, -0.1) is 0 Å². The van der Waals surface area contributed by atoms with Crippen molar-refractivity contribution in [3.8, 4) is 11.3 Å². The number of likely N-dealkylation sites (tertiary alicyclic amines) is 1. The summed E-state index contributed by atoms with van der Waals surface area (Å²) in [5.41, 5.74) is 5.43. The van der Waals surface area contributed by atoms with Crippen molar-refractivity contribution in [2.45, 2.75) is 38.6 Å². The highest BCUT2D eigenvalue weighted by Crippen LogP contribution is 2.28. The molecule has 4 aromatic rings. The van der Waals surface area contributed by atoms with Crippen molar-refractivity contribution in [2.24, 2.45) is 0 Å². The molecule has 0 saturated carbocycles. The molecule has 4 heterocycles. The number of carbonyl (C=O) groups is 1. The quantitative estimate of drug-likeness (QED) is 0.297. The Hall–Kier alpha value is -4.53. The molecule has 1 aliphatic rings. The molecule has 5 rings (SSSR count). The van der Waals surface area contributed by atoms with E-state index in [1.165, 1.54) is 0 Å². The second-order valence-electron chi connectivity index (χ2n) is 10.7. The summed E-state index contributed by atoms with van der Waals surface area (Å²) in [6, 6.07) is 14.3. The molecular formula is C32H38N8O. The molecule has 0 radical (unpaired) electrons. The van der Waals surface area contributed by atoms with Crippen LogP contribution in [0.15, 0.2) is 73.5 Å². The van der Waals surface area contributed by atoms with E-state index < -0.39 is 0 Å². The van der Waals surface area contributed by atoms with Crippen LogP contribution in [-0.2, 0) is 0 Å². The first kappa shape index (κ1) is 28.0. The summed E-state index contributed by atoms with van der Waals surface area (Å²) in [6.07, 6.45) is 7.34. The van der Waals surface area contributed by atoms with Crippen LogP contribution >= 0.6 is 0 Å². The summed E-state index contributed by atoms with van der Waals surface area (Å²) >= 11 is 0. The summed E-state index contributed by atoms with van der Waals surface area (Å²) in [4.78, 5) is 35.3. The number of anilines is 2. The number of amides is 1. The van der Waals surface area contributed by atoms with Crippen molar-refractivity contribution in [2.75, 3.05) is 43.9 Å². The fourth-order valence-electron chi connectivity index (χ4n) is 5.48. The number of hydrogen-bond acceptors (Lipinski definition) is 8. The van der Waals surface area contributed by atoms with Gasteiger partial charge in [-0.05, 0) is 43.5 Å². The van der Waals surface area contributed by atoms with E-state index in [1.807, 2.05) is 24.4 Å². The van der Waals surface area contributed by atoms with Crippen molar-refractivity contribution in [1.29, 1.82) is 0 Å². The Kier molecular flexibility index (Phi) is 8.42. The number of nitrogens with one attached hydrogen (secondary N) is 2. The van der Waals surface area contributed by atoms with Crippen molar-refractivity contribution >= 4 is 28.4 Å². The predicted octanol–water partition coefficient (Wildman–Crippen LogP) is 5.10. The van der Waals surface area contributed by atoms with Gasteiger partial charge in [0.15, 0.2) is 0 Å². The standard InChI is InChI=1S/C32H38N8O/c1-21(2)40-15-12-24(13-16-40)39(5)30-10-9-23(19-36-30)28-17-29(38-20-37-28)35-18-22(3)25-7-6-8-26-27(32(41)33-4)11-14-34-31(25)26/h6-11,14,17,19-20,22,24H,1,12-13,15-16,18H2,2-5H3,(H,33,41)(H,35,37,38)/t22-/m1/s1. The molecule has 0 unspecified atom stereocenters. The molecular weight excluding hydrogens is 512 g/mol. The molecule has 1 fully saturated rings. The summed E-state index contributed by atoms with van der Waals surface area (Å²) in [6.45, 7) is 11.0. The summed E-state index contributed by atoms with van der Waals surface area (Å²) in [5, 5.41) is 7.01. The lowest BCUT2D eigenvalue weighted by Gasteiger charge is -2.38. The number of fused-ring (bicyclic) bond motifs is 1. The first-order valence-corrected chi connectivity index (χ1v) is 14.1. The summed E-state index contributed by atoms with van der Waals surface area (Å²) < 4.78 is 0. The fraction of sp³-hybridized carbons (Fsp3) is 0.344. The van der Waals surface area contributed by atoms with Crippen molar-refractivity contribution in [3.05, 3.63) is 84.6 Å². The Bertz CT molecular complexity index is 1530. The molecule has 1 saturated heterocycles. The smallest absolute Gasteiger partial charge is 0.251 e. The van der Waals surface area contributed by atoms with Crippen molar-refractivity contribution in [1.82, 2.24) is 30.2 Å². The molecule has 1 aliphatic heterocycles. The SMILES string of the molecule is C=C(C)N1CCC(N(C)c2ccc(-c3cc(NC[C@@H](C)c4cccc5c(C(=O)NC)ccnc45)ncn3)cn2)CC1. The van der Waals surface area contributed by atoms with E-state index in [0.29, 0.717) is 18.2 Å². The number of piperidine rings is 1. The number of rotatable bonds is 9. The van der Waals surface area contributed by atoms with Crippen molar-refractivity contribution in [3.63, 3.8) is 0 Å². The zero-order valence-electron chi connectivity index (χ0n) is 24.3. The third-order valence-electron chi connectivity index (χ3n) is 8.02. The molecule has 41 heavy (non-hydrogen) atoms. The topological polar surface area (TPSA) is 99.2 Å². The molecule has 212 valence electrons. The zero-order chi connectivity index (χ0) is 28.9. The third kappa shape index (κ3) is 6.14. The van der Waals surface area contributed by atoms with Gasteiger partial charge < -0.3 is 20.4 Å². The maximum Gasteiger partial charge on any atom is 0.251 e. The van der Waals surface area contributed by atoms with Gasteiger partial charge in [0.25, 0.3) is 5.91 Å². The van der Waals surface area contributed by atoms with Gasteiger partial charge in [-0.2, -0.15) is 0 Å². The first-order chi connectivity index (χ1) is 19.9. The number of para-hydroxylation sites is 1. The summed E-state index contributed by atoms with van der Waals surface area (Å²) in [7, 11) is 3.76. The molecule has 9 nitrogen and oxygen atoms in total. The molecule has 1 aromatic carbocycles. The average Bonchev–Trinajstić information content (AvgIpc) is 3.02. The lowest BCUT2D eigenvalue weighted by Crippen LogP contribution is -2.42. The lowest BCUT2D eigenvalue weighted by molar-refractivity contribution is 0.0964. The Morgan fingerprint density at radius 3 is 2.63 bits per heavy atom. The number of benzene rings is 1. The van der Waals surface area contributed by atoms with E-state index in [4.69, 9.17) is 4.98 Å². The first-order valence-electron chi connectivity index (χ1n) is 14.1. The van der Waals surface area contributed by atoms with E-state index in [9.17, 15) is 4.79 Å². The van der Waals surface area contributed by atoms with Gasteiger partial charge >= 0.3 is 0 Å². The molecule has 1 amide bonds. The minimum absolute atomic E-state index is 0.119.